The molecule has 2 heterocycles. The first-order chi connectivity index (χ1) is 10.2. The van der Waals surface area contributed by atoms with Crippen LogP contribution in [0.3, 0.4) is 0 Å². The summed E-state index contributed by atoms with van der Waals surface area (Å²) in [4.78, 5) is 0. The average Bonchev–Trinajstić information content (AvgIpc) is 3.03. The largest absolute Gasteiger partial charge is 0.388 e. The Bertz CT molecular complexity index is 612. The minimum atomic E-state index is -0.286. The molecule has 0 saturated heterocycles. The molecular weight excluding hydrogens is 262 g/mol. The molecular formula is C17H25N3O. The summed E-state index contributed by atoms with van der Waals surface area (Å²) in [6, 6.07) is 2.20. The van der Waals surface area contributed by atoms with Crippen molar-refractivity contribution < 1.29 is 5.11 Å². The van der Waals surface area contributed by atoms with Crippen LogP contribution >= 0.6 is 0 Å². The van der Waals surface area contributed by atoms with Gasteiger partial charge in [-0.3, -0.25) is 4.68 Å². The number of rotatable bonds is 4. The number of fused-ring (bicyclic) bond motifs is 1. The van der Waals surface area contributed by atoms with E-state index in [0.717, 1.165) is 50.0 Å². The molecule has 0 amide bonds. The summed E-state index contributed by atoms with van der Waals surface area (Å²) in [7, 11) is 0. The van der Waals surface area contributed by atoms with Crippen LogP contribution in [0.5, 0.6) is 0 Å². The third-order valence-electron chi connectivity index (χ3n) is 4.45. The highest BCUT2D eigenvalue weighted by Crippen LogP contribution is 2.29. The molecule has 1 aliphatic rings. The van der Waals surface area contributed by atoms with Crippen LogP contribution < -0.4 is 0 Å². The minimum absolute atomic E-state index is 0.286. The molecule has 2 aromatic heterocycles. The van der Waals surface area contributed by atoms with Crippen molar-refractivity contribution in [2.75, 3.05) is 0 Å². The van der Waals surface area contributed by atoms with Crippen molar-refractivity contribution in [2.24, 2.45) is 0 Å². The van der Waals surface area contributed by atoms with Crippen LogP contribution in [0.4, 0.5) is 0 Å². The Morgan fingerprint density at radius 2 is 2.14 bits per heavy atom. The van der Waals surface area contributed by atoms with Gasteiger partial charge >= 0.3 is 0 Å². The highest BCUT2D eigenvalue weighted by atomic mass is 16.3. The summed E-state index contributed by atoms with van der Waals surface area (Å²) in [6.45, 7) is 6.00. The Morgan fingerprint density at radius 1 is 1.29 bits per heavy atom. The van der Waals surface area contributed by atoms with E-state index in [1.807, 2.05) is 0 Å². The first kappa shape index (κ1) is 14.4. The number of nitrogens with zero attached hydrogens (tertiary/aromatic N) is 3. The molecule has 114 valence electrons. The lowest BCUT2D eigenvalue weighted by molar-refractivity contribution is 0.166. The van der Waals surface area contributed by atoms with E-state index in [1.54, 1.807) is 0 Å². The molecule has 0 bridgehead atoms. The third kappa shape index (κ3) is 2.91. The fourth-order valence-corrected chi connectivity index (χ4v) is 3.26. The molecule has 0 fully saturated rings. The van der Waals surface area contributed by atoms with Gasteiger partial charge in [-0.2, -0.15) is 5.10 Å². The number of aromatic nitrogens is 3. The van der Waals surface area contributed by atoms with Gasteiger partial charge in [0.1, 0.15) is 0 Å². The predicted molar refractivity (Wildman–Crippen MR) is 83.3 cm³/mol. The lowest BCUT2D eigenvalue weighted by atomic mass is 10.1. The molecule has 0 spiro atoms. The lowest BCUT2D eigenvalue weighted by Crippen LogP contribution is -2.07. The molecule has 0 aliphatic heterocycles. The summed E-state index contributed by atoms with van der Waals surface area (Å²) < 4.78 is 4.29. The Hall–Kier alpha value is -1.55. The molecule has 1 N–H and O–H groups in total. The van der Waals surface area contributed by atoms with Crippen LogP contribution in [0.25, 0.3) is 0 Å². The second-order valence-corrected chi connectivity index (χ2v) is 5.97. The van der Waals surface area contributed by atoms with E-state index in [1.165, 1.54) is 17.7 Å². The lowest BCUT2D eigenvalue weighted by Gasteiger charge is -2.07. The highest BCUT2D eigenvalue weighted by Gasteiger charge is 2.18. The molecule has 0 aromatic carbocycles. The van der Waals surface area contributed by atoms with Gasteiger partial charge in [0.05, 0.1) is 24.0 Å². The summed E-state index contributed by atoms with van der Waals surface area (Å²) in [5.74, 6) is 0. The molecule has 3 rings (SSSR count). The van der Waals surface area contributed by atoms with Gasteiger partial charge in [-0.05, 0) is 44.2 Å². The normalized spacial score (nSPS) is 18.5. The molecule has 21 heavy (non-hydrogen) atoms. The van der Waals surface area contributed by atoms with Crippen molar-refractivity contribution in [3.05, 3.63) is 41.0 Å². The Labute approximate surface area is 126 Å². The van der Waals surface area contributed by atoms with Gasteiger partial charge in [0.15, 0.2) is 0 Å². The summed E-state index contributed by atoms with van der Waals surface area (Å²) >= 11 is 0. The Balaban J connectivity index is 1.85. The SMILES string of the molecule is CCc1cc(Cn2cc3c(c2)C(O)CCCC3)n(CC)n1. The smallest absolute Gasteiger partial charge is 0.0807 e. The summed E-state index contributed by atoms with van der Waals surface area (Å²) in [5, 5.41) is 14.8. The van der Waals surface area contributed by atoms with E-state index in [9.17, 15) is 5.11 Å². The number of aliphatic hydroxyl groups excluding tert-OH is 1. The van der Waals surface area contributed by atoms with Gasteiger partial charge in [-0.1, -0.05) is 13.3 Å². The van der Waals surface area contributed by atoms with Crippen molar-refractivity contribution in [1.82, 2.24) is 14.3 Å². The first-order valence-corrected chi connectivity index (χ1v) is 8.13. The molecule has 4 nitrogen and oxygen atoms in total. The molecule has 1 atom stereocenters. The van der Waals surface area contributed by atoms with Crippen molar-refractivity contribution >= 4 is 0 Å². The summed E-state index contributed by atoms with van der Waals surface area (Å²) in [6.07, 6.45) is 9.31. The molecule has 1 aliphatic carbocycles. The summed E-state index contributed by atoms with van der Waals surface area (Å²) in [5.41, 5.74) is 4.85. The van der Waals surface area contributed by atoms with E-state index >= 15 is 0 Å². The monoisotopic (exact) mass is 287 g/mol. The second-order valence-electron chi connectivity index (χ2n) is 5.97. The molecule has 4 heteroatoms. The zero-order valence-electron chi connectivity index (χ0n) is 13.0. The molecule has 0 radical (unpaired) electrons. The topological polar surface area (TPSA) is 43.0 Å². The van der Waals surface area contributed by atoms with Crippen molar-refractivity contribution in [1.29, 1.82) is 0 Å². The zero-order chi connectivity index (χ0) is 14.8. The van der Waals surface area contributed by atoms with E-state index < -0.39 is 0 Å². The fourth-order valence-electron chi connectivity index (χ4n) is 3.26. The maximum Gasteiger partial charge on any atom is 0.0807 e. The quantitative estimate of drug-likeness (QED) is 0.878. The van der Waals surface area contributed by atoms with Gasteiger partial charge in [0.2, 0.25) is 0 Å². The Kier molecular flexibility index (Phi) is 4.15. The number of aryl methyl sites for hydroxylation is 3. The van der Waals surface area contributed by atoms with Crippen molar-refractivity contribution in [3.8, 4) is 0 Å². The van der Waals surface area contributed by atoms with Crippen LogP contribution in [-0.4, -0.2) is 19.5 Å². The minimum Gasteiger partial charge on any atom is -0.388 e. The van der Waals surface area contributed by atoms with E-state index in [0.29, 0.717) is 0 Å². The molecule has 2 aromatic rings. The molecule has 1 unspecified atom stereocenters. The van der Waals surface area contributed by atoms with Crippen LogP contribution in [-0.2, 0) is 25.9 Å². The predicted octanol–water partition coefficient (Wildman–Crippen LogP) is 3.08. The number of hydrogen-bond acceptors (Lipinski definition) is 2. The average molecular weight is 287 g/mol. The van der Waals surface area contributed by atoms with Crippen LogP contribution in [0.1, 0.15) is 61.7 Å². The Morgan fingerprint density at radius 3 is 2.90 bits per heavy atom. The van der Waals surface area contributed by atoms with Crippen molar-refractivity contribution in [2.45, 2.75) is 65.1 Å². The zero-order valence-corrected chi connectivity index (χ0v) is 13.0. The van der Waals surface area contributed by atoms with Crippen molar-refractivity contribution in [3.63, 3.8) is 0 Å². The standard InChI is InChI=1S/C17H25N3O/c1-3-14-9-15(20(4-2)18-14)11-19-10-13-7-5-6-8-17(21)16(13)12-19/h9-10,12,17,21H,3-8,11H2,1-2H3. The van der Waals surface area contributed by atoms with Gasteiger partial charge in [0, 0.05) is 24.5 Å². The maximum absolute atomic E-state index is 10.2. The van der Waals surface area contributed by atoms with Gasteiger partial charge < -0.3 is 9.67 Å². The third-order valence-corrected chi connectivity index (χ3v) is 4.45. The van der Waals surface area contributed by atoms with Gasteiger partial charge in [-0.25, -0.2) is 0 Å². The van der Waals surface area contributed by atoms with E-state index in [-0.39, 0.29) is 6.10 Å². The van der Waals surface area contributed by atoms with Crippen LogP contribution in [0.2, 0.25) is 0 Å². The van der Waals surface area contributed by atoms with Gasteiger partial charge in [0.25, 0.3) is 0 Å². The van der Waals surface area contributed by atoms with Crippen LogP contribution in [0, 0.1) is 0 Å². The molecule has 0 saturated carbocycles. The fraction of sp³-hybridized carbons (Fsp3) is 0.588. The van der Waals surface area contributed by atoms with Gasteiger partial charge in [-0.15, -0.1) is 0 Å². The number of hydrogen-bond donors (Lipinski definition) is 1. The number of aliphatic hydroxyl groups is 1. The van der Waals surface area contributed by atoms with E-state index in [2.05, 4.69) is 46.7 Å². The second kappa shape index (κ2) is 6.06. The van der Waals surface area contributed by atoms with E-state index in [4.69, 9.17) is 0 Å². The maximum atomic E-state index is 10.2. The highest BCUT2D eigenvalue weighted by molar-refractivity contribution is 5.28. The van der Waals surface area contributed by atoms with Crippen LogP contribution in [0.15, 0.2) is 18.5 Å². The first-order valence-electron chi connectivity index (χ1n) is 8.13.